The van der Waals surface area contributed by atoms with Gasteiger partial charge in [-0.15, -0.1) is 0 Å². The molecule has 186 valence electrons. The van der Waals surface area contributed by atoms with Crippen LogP contribution in [0.2, 0.25) is 0 Å². The largest absolute Gasteiger partial charge is 0.373 e. The van der Waals surface area contributed by atoms with E-state index in [-0.39, 0.29) is 5.41 Å². The second-order valence-corrected chi connectivity index (χ2v) is 10.0. The summed E-state index contributed by atoms with van der Waals surface area (Å²) in [6, 6.07) is 20.6. The lowest BCUT2D eigenvalue weighted by Crippen LogP contribution is -2.10. The van der Waals surface area contributed by atoms with Crippen molar-refractivity contribution >= 4 is 39.6 Å². The lowest BCUT2D eigenvalue weighted by atomic mass is 9.87. The fourth-order valence-electron chi connectivity index (χ4n) is 4.29. The highest BCUT2D eigenvalue weighted by Gasteiger charge is 2.15. The van der Waals surface area contributed by atoms with Gasteiger partial charge < -0.3 is 16.0 Å². The summed E-state index contributed by atoms with van der Waals surface area (Å²) in [6.45, 7) is 8.74. The smallest absolute Gasteiger partial charge is 0.139 e. The first kappa shape index (κ1) is 24.2. The molecule has 0 aliphatic carbocycles. The van der Waals surface area contributed by atoms with Gasteiger partial charge in [-0.2, -0.15) is 0 Å². The third-order valence-corrected chi connectivity index (χ3v) is 6.42. The van der Waals surface area contributed by atoms with Gasteiger partial charge in [0.05, 0.1) is 11.4 Å². The zero-order valence-electron chi connectivity index (χ0n) is 21.8. The number of fused-ring (bicyclic) bond motifs is 1. The Morgan fingerprint density at radius 1 is 0.730 bits per heavy atom. The Morgan fingerprint density at radius 3 is 2.27 bits per heavy atom. The maximum atomic E-state index is 4.66. The molecule has 3 heterocycles. The van der Waals surface area contributed by atoms with Crippen LogP contribution in [0.3, 0.4) is 0 Å². The van der Waals surface area contributed by atoms with E-state index in [0.29, 0.717) is 0 Å². The minimum atomic E-state index is 0.110. The Morgan fingerprint density at radius 2 is 1.51 bits per heavy atom. The zero-order valence-corrected chi connectivity index (χ0v) is 21.8. The highest BCUT2D eigenvalue weighted by molar-refractivity contribution is 6.03. The predicted molar refractivity (Wildman–Crippen MR) is 153 cm³/mol. The van der Waals surface area contributed by atoms with Crippen molar-refractivity contribution in [1.82, 2.24) is 19.9 Å². The maximum absolute atomic E-state index is 4.66. The van der Waals surface area contributed by atoms with Crippen LogP contribution >= 0.6 is 0 Å². The summed E-state index contributed by atoms with van der Waals surface area (Å²) >= 11 is 0. The van der Waals surface area contributed by atoms with Gasteiger partial charge in [0, 0.05) is 47.5 Å². The summed E-state index contributed by atoms with van der Waals surface area (Å²) in [5.41, 5.74) is 6.17. The molecule has 0 spiro atoms. The molecule has 5 aromatic rings. The van der Waals surface area contributed by atoms with E-state index in [1.807, 2.05) is 37.5 Å². The van der Waals surface area contributed by atoms with Gasteiger partial charge in [0.15, 0.2) is 0 Å². The average molecular weight is 490 g/mol. The van der Waals surface area contributed by atoms with Crippen LogP contribution in [0.1, 0.15) is 31.9 Å². The normalized spacial score (nSPS) is 11.4. The molecule has 0 aliphatic heterocycles. The van der Waals surface area contributed by atoms with Gasteiger partial charge in [-0.3, -0.25) is 0 Å². The molecular weight excluding hydrogens is 458 g/mol. The number of anilines is 5. The van der Waals surface area contributed by atoms with E-state index in [1.54, 1.807) is 12.5 Å². The molecule has 7 heteroatoms. The van der Waals surface area contributed by atoms with Crippen LogP contribution in [0, 0.1) is 6.92 Å². The molecule has 3 aromatic heterocycles. The van der Waals surface area contributed by atoms with Crippen LogP contribution < -0.4 is 16.0 Å². The van der Waals surface area contributed by atoms with Gasteiger partial charge >= 0.3 is 0 Å². The number of aromatic nitrogens is 4. The molecule has 5 rings (SSSR count). The fourth-order valence-corrected chi connectivity index (χ4v) is 4.29. The summed E-state index contributed by atoms with van der Waals surface area (Å²) in [7, 11) is 1.84. The van der Waals surface area contributed by atoms with Gasteiger partial charge in [0.2, 0.25) is 0 Å². The molecule has 7 nitrogen and oxygen atoms in total. The molecule has 0 saturated carbocycles. The quantitative estimate of drug-likeness (QED) is 0.232. The van der Waals surface area contributed by atoms with Crippen LogP contribution in [0.5, 0.6) is 0 Å². The highest BCUT2D eigenvalue weighted by Crippen LogP contribution is 2.36. The monoisotopic (exact) mass is 489 g/mol. The van der Waals surface area contributed by atoms with Crippen molar-refractivity contribution in [2.45, 2.75) is 33.1 Å². The fraction of sp³-hybridized carbons (Fsp3) is 0.200. The molecule has 0 unspecified atom stereocenters. The Labute approximate surface area is 217 Å². The topological polar surface area (TPSA) is 87.7 Å². The van der Waals surface area contributed by atoms with Crippen molar-refractivity contribution in [1.29, 1.82) is 0 Å². The van der Waals surface area contributed by atoms with Gasteiger partial charge in [0.25, 0.3) is 0 Å². The summed E-state index contributed by atoms with van der Waals surface area (Å²) in [6.07, 6.45) is 5.17. The predicted octanol–water partition coefficient (Wildman–Crippen LogP) is 7.22. The van der Waals surface area contributed by atoms with Crippen LogP contribution in [-0.2, 0) is 5.41 Å². The number of hydrogen-bond donors (Lipinski definition) is 3. The standard InChI is InChI=1S/C30H31N7/c1-19-8-13-23-22(14-16-33-28(23)36-21-11-9-20(10-12-21)30(2,3)4)27(19)37-29-24(7-6-15-32-29)25-17-26(31-5)35-18-34-25/h6-18H,1-5H3,(H,32,37)(H,33,36)(H,31,34,35). The van der Waals surface area contributed by atoms with Crippen molar-refractivity contribution in [2.24, 2.45) is 0 Å². The van der Waals surface area contributed by atoms with Gasteiger partial charge in [-0.05, 0) is 53.8 Å². The van der Waals surface area contributed by atoms with E-state index < -0.39 is 0 Å². The first-order valence-corrected chi connectivity index (χ1v) is 12.3. The van der Waals surface area contributed by atoms with E-state index in [0.717, 1.165) is 56.4 Å². The Kier molecular flexibility index (Phi) is 6.44. The minimum Gasteiger partial charge on any atom is -0.373 e. The zero-order chi connectivity index (χ0) is 26.0. The lowest BCUT2D eigenvalue weighted by Gasteiger charge is -2.19. The van der Waals surface area contributed by atoms with Crippen LogP contribution in [0.25, 0.3) is 22.0 Å². The van der Waals surface area contributed by atoms with E-state index in [2.05, 4.69) is 100.0 Å². The molecule has 3 N–H and O–H groups in total. The van der Waals surface area contributed by atoms with Crippen LogP contribution in [0.4, 0.5) is 28.8 Å². The summed E-state index contributed by atoms with van der Waals surface area (Å²) in [5, 5.41) is 12.2. The number of aryl methyl sites for hydroxylation is 1. The van der Waals surface area contributed by atoms with Gasteiger partial charge in [-0.25, -0.2) is 19.9 Å². The number of pyridine rings is 2. The van der Waals surface area contributed by atoms with E-state index >= 15 is 0 Å². The third-order valence-electron chi connectivity index (χ3n) is 6.42. The first-order chi connectivity index (χ1) is 17.8. The van der Waals surface area contributed by atoms with Gasteiger partial charge in [0.1, 0.15) is 23.8 Å². The second-order valence-electron chi connectivity index (χ2n) is 10.0. The number of nitrogens with zero attached hydrogens (tertiary/aromatic N) is 4. The van der Waals surface area contributed by atoms with E-state index in [4.69, 9.17) is 0 Å². The molecule has 0 fully saturated rings. The summed E-state index contributed by atoms with van der Waals surface area (Å²) in [4.78, 5) is 18.0. The molecule has 37 heavy (non-hydrogen) atoms. The molecule has 0 saturated heterocycles. The Balaban J connectivity index is 1.52. The van der Waals surface area contributed by atoms with Gasteiger partial charge in [-0.1, -0.05) is 45.0 Å². The minimum absolute atomic E-state index is 0.110. The molecule has 0 amide bonds. The molecule has 0 radical (unpaired) electrons. The van der Waals surface area contributed by atoms with Crippen molar-refractivity contribution < 1.29 is 0 Å². The molecule has 0 atom stereocenters. The number of nitrogens with one attached hydrogen (secondary N) is 3. The van der Waals surface area contributed by atoms with Crippen molar-refractivity contribution in [3.05, 3.63) is 90.5 Å². The van der Waals surface area contributed by atoms with E-state index in [9.17, 15) is 0 Å². The SMILES string of the molecule is CNc1cc(-c2cccnc2Nc2c(C)ccc3c(Nc4ccc(C(C)(C)C)cc4)nccc23)ncn1. The third kappa shape index (κ3) is 5.07. The number of benzene rings is 2. The molecular formula is C30H31N7. The Bertz CT molecular complexity index is 1550. The molecule has 0 aliphatic rings. The molecule has 2 aromatic carbocycles. The lowest BCUT2D eigenvalue weighted by molar-refractivity contribution is 0.590. The van der Waals surface area contributed by atoms with Crippen molar-refractivity contribution in [2.75, 3.05) is 23.0 Å². The molecule has 0 bridgehead atoms. The Hall–Kier alpha value is -4.52. The number of hydrogen-bond acceptors (Lipinski definition) is 7. The summed E-state index contributed by atoms with van der Waals surface area (Å²) in [5.74, 6) is 2.28. The van der Waals surface area contributed by atoms with Crippen LogP contribution in [0.15, 0.2) is 79.4 Å². The number of rotatable bonds is 6. The maximum Gasteiger partial charge on any atom is 0.139 e. The second kappa shape index (κ2) is 9.85. The van der Waals surface area contributed by atoms with Crippen molar-refractivity contribution in [3.63, 3.8) is 0 Å². The average Bonchev–Trinajstić information content (AvgIpc) is 2.90. The first-order valence-electron chi connectivity index (χ1n) is 12.3. The van der Waals surface area contributed by atoms with Crippen LogP contribution in [-0.4, -0.2) is 27.0 Å². The summed E-state index contributed by atoms with van der Waals surface area (Å²) < 4.78 is 0. The highest BCUT2D eigenvalue weighted by atomic mass is 15.0. The van der Waals surface area contributed by atoms with Crippen molar-refractivity contribution in [3.8, 4) is 11.3 Å². The van der Waals surface area contributed by atoms with E-state index in [1.165, 1.54) is 5.56 Å².